The largest absolute Gasteiger partial charge is 0.418 e. The molecule has 5 nitrogen and oxygen atoms in total. The lowest BCUT2D eigenvalue weighted by atomic mass is 9.96. The van der Waals surface area contributed by atoms with Gasteiger partial charge >= 0.3 is 6.18 Å². The second-order valence-electron chi connectivity index (χ2n) is 9.04. The van der Waals surface area contributed by atoms with Gasteiger partial charge in [0.05, 0.1) is 23.1 Å². The van der Waals surface area contributed by atoms with E-state index in [1.165, 1.54) is 12.1 Å². The van der Waals surface area contributed by atoms with Crippen molar-refractivity contribution < 1.29 is 13.2 Å². The number of aryl methyl sites for hydroxylation is 1. The molecule has 0 fully saturated rings. The van der Waals surface area contributed by atoms with Crippen LogP contribution in [-0.4, -0.2) is 26.1 Å². The molecule has 3 aromatic heterocycles. The van der Waals surface area contributed by atoms with Crippen LogP contribution in [0.5, 0.6) is 0 Å². The van der Waals surface area contributed by atoms with Gasteiger partial charge in [-0.05, 0) is 54.3 Å². The van der Waals surface area contributed by atoms with Crippen LogP contribution in [0.3, 0.4) is 0 Å². The summed E-state index contributed by atoms with van der Waals surface area (Å²) in [7, 11) is 0. The van der Waals surface area contributed by atoms with Gasteiger partial charge in [0.15, 0.2) is 5.65 Å². The summed E-state index contributed by atoms with van der Waals surface area (Å²) in [6.45, 7) is 8.27. The van der Waals surface area contributed by atoms with E-state index in [1.807, 2.05) is 52.0 Å². The van der Waals surface area contributed by atoms with E-state index in [0.29, 0.717) is 29.1 Å². The summed E-state index contributed by atoms with van der Waals surface area (Å²) < 4.78 is 42.2. The number of hydrogen-bond donors (Lipinski definition) is 1. The Morgan fingerprint density at radius 2 is 1.72 bits per heavy atom. The number of anilines is 1. The molecule has 32 heavy (non-hydrogen) atoms. The highest BCUT2D eigenvalue weighted by molar-refractivity contribution is 5.70. The van der Waals surface area contributed by atoms with Gasteiger partial charge in [-0.3, -0.25) is 4.98 Å². The molecule has 1 N–H and O–H groups in total. The maximum absolute atomic E-state index is 13.5. The lowest BCUT2D eigenvalue weighted by Gasteiger charge is -2.22. The van der Waals surface area contributed by atoms with E-state index in [-0.39, 0.29) is 11.1 Å². The Labute approximate surface area is 184 Å². The number of rotatable bonds is 4. The number of benzene rings is 1. The number of alkyl halides is 3. The smallest absolute Gasteiger partial charge is 0.384 e. The summed E-state index contributed by atoms with van der Waals surface area (Å²) in [6, 6.07) is 11.5. The summed E-state index contributed by atoms with van der Waals surface area (Å²) in [5.41, 5.74) is 3.39. The van der Waals surface area contributed by atoms with E-state index in [0.717, 1.165) is 17.3 Å². The van der Waals surface area contributed by atoms with E-state index in [1.54, 1.807) is 16.9 Å². The standard InChI is InChI=1S/C24H24F3N5/c1-15-9-10-28-20(11-15)18-7-8-22-30-21(13-32(22)31-18)16-5-6-17(24(25,26)27)19(12-16)29-14-23(2,3)4/h5-13,29H,14H2,1-4H3. The van der Waals surface area contributed by atoms with Gasteiger partial charge < -0.3 is 5.32 Å². The van der Waals surface area contributed by atoms with Gasteiger partial charge in [0.25, 0.3) is 0 Å². The number of nitrogens with zero attached hydrogens (tertiary/aromatic N) is 4. The molecular formula is C24H24F3N5. The zero-order chi connectivity index (χ0) is 23.1. The first kappa shape index (κ1) is 21.8. The maximum Gasteiger partial charge on any atom is 0.418 e. The summed E-state index contributed by atoms with van der Waals surface area (Å²) in [6.07, 6.45) is -1.01. The Kier molecular flexibility index (Phi) is 5.40. The van der Waals surface area contributed by atoms with Crippen LogP contribution in [0.4, 0.5) is 18.9 Å². The van der Waals surface area contributed by atoms with Gasteiger partial charge in [0.2, 0.25) is 0 Å². The molecule has 0 radical (unpaired) electrons. The predicted octanol–water partition coefficient (Wildman–Crippen LogP) is 6.24. The van der Waals surface area contributed by atoms with Crippen LogP contribution >= 0.6 is 0 Å². The molecule has 3 heterocycles. The minimum absolute atomic E-state index is 0.0413. The second kappa shape index (κ2) is 7.93. The predicted molar refractivity (Wildman–Crippen MR) is 119 cm³/mol. The molecule has 8 heteroatoms. The maximum atomic E-state index is 13.5. The summed E-state index contributed by atoms with van der Waals surface area (Å²) >= 11 is 0. The molecule has 4 aromatic rings. The average Bonchev–Trinajstić information content (AvgIpc) is 3.14. The van der Waals surface area contributed by atoms with Gasteiger partial charge in [-0.2, -0.15) is 18.3 Å². The highest BCUT2D eigenvalue weighted by atomic mass is 19.4. The van der Waals surface area contributed by atoms with E-state index < -0.39 is 11.7 Å². The third kappa shape index (κ3) is 4.74. The van der Waals surface area contributed by atoms with Gasteiger partial charge in [-0.15, -0.1) is 0 Å². The van der Waals surface area contributed by atoms with Gasteiger partial charge in [0.1, 0.15) is 5.69 Å². The third-order valence-electron chi connectivity index (χ3n) is 4.93. The van der Waals surface area contributed by atoms with Crippen molar-refractivity contribution in [3.05, 3.63) is 66.0 Å². The molecule has 0 atom stereocenters. The highest BCUT2D eigenvalue weighted by Gasteiger charge is 2.34. The number of hydrogen-bond acceptors (Lipinski definition) is 4. The Morgan fingerprint density at radius 3 is 2.41 bits per heavy atom. The van der Waals surface area contributed by atoms with Crippen LogP contribution in [0.1, 0.15) is 31.9 Å². The van der Waals surface area contributed by atoms with Crippen molar-refractivity contribution in [3.8, 4) is 22.6 Å². The highest BCUT2D eigenvalue weighted by Crippen LogP contribution is 2.37. The number of halogens is 3. The van der Waals surface area contributed by atoms with Crippen molar-refractivity contribution in [2.75, 3.05) is 11.9 Å². The van der Waals surface area contributed by atoms with Crippen LogP contribution < -0.4 is 5.32 Å². The molecule has 4 rings (SSSR count). The van der Waals surface area contributed by atoms with Crippen LogP contribution in [0, 0.1) is 12.3 Å². The molecule has 0 bridgehead atoms. The molecule has 1 aromatic carbocycles. The van der Waals surface area contributed by atoms with Crippen molar-refractivity contribution in [2.45, 2.75) is 33.9 Å². The fourth-order valence-electron chi connectivity index (χ4n) is 3.29. The molecule has 0 amide bonds. The van der Waals surface area contributed by atoms with Crippen LogP contribution in [0.2, 0.25) is 0 Å². The van der Waals surface area contributed by atoms with E-state index in [4.69, 9.17) is 0 Å². The van der Waals surface area contributed by atoms with E-state index in [2.05, 4.69) is 20.4 Å². The molecule has 0 aliphatic heterocycles. The normalized spacial score (nSPS) is 12.3. The third-order valence-corrected chi connectivity index (χ3v) is 4.93. The lowest BCUT2D eigenvalue weighted by Crippen LogP contribution is -2.21. The molecular weight excluding hydrogens is 415 g/mol. The number of nitrogens with one attached hydrogen (secondary N) is 1. The first-order valence-corrected chi connectivity index (χ1v) is 10.2. The van der Waals surface area contributed by atoms with Crippen molar-refractivity contribution in [1.29, 1.82) is 0 Å². The minimum Gasteiger partial charge on any atom is -0.384 e. The van der Waals surface area contributed by atoms with Crippen molar-refractivity contribution in [1.82, 2.24) is 19.6 Å². The summed E-state index contributed by atoms with van der Waals surface area (Å²) in [4.78, 5) is 8.90. The molecule has 0 spiro atoms. The van der Waals surface area contributed by atoms with Crippen LogP contribution in [-0.2, 0) is 6.18 Å². The Hall–Kier alpha value is -3.42. The first-order valence-electron chi connectivity index (χ1n) is 10.2. The van der Waals surface area contributed by atoms with Crippen molar-refractivity contribution in [2.24, 2.45) is 5.41 Å². The first-order chi connectivity index (χ1) is 15.0. The molecule has 0 saturated carbocycles. The van der Waals surface area contributed by atoms with Crippen molar-refractivity contribution >= 4 is 11.3 Å². The van der Waals surface area contributed by atoms with Gasteiger partial charge in [-0.1, -0.05) is 26.8 Å². The van der Waals surface area contributed by atoms with Crippen molar-refractivity contribution in [3.63, 3.8) is 0 Å². The Balaban J connectivity index is 1.73. The zero-order valence-electron chi connectivity index (χ0n) is 18.3. The van der Waals surface area contributed by atoms with Crippen LogP contribution in [0.25, 0.3) is 28.3 Å². The van der Waals surface area contributed by atoms with E-state index in [9.17, 15) is 13.2 Å². The topological polar surface area (TPSA) is 55.1 Å². The Bertz CT molecular complexity index is 1270. The summed E-state index contributed by atoms with van der Waals surface area (Å²) in [5, 5.41) is 7.54. The number of fused-ring (bicyclic) bond motifs is 1. The number of pyridine rings is 1. The average molecular weight is 439 g/mol. The second-order valence-corrected chi connectivity index (χ2v) is 9.04. The lowest BCUT2D eigenvalue weighted by molar-refractivity contribution is -0.137. The Morgan fingerprint density at radius 1 is 0.938 bits per heavy atom. The van der Waals surface area contributed by atoms with Crippen LogP contribution in [0.15, 0.2) is 54.9 Å². The summed E-state index contributed by atoms with van der Waals surface area (Å²) in [5.74, 6) is 0. The molecule has 0 aliphatic carbocycles. The fourth-order valence-corrected chi connectivity index (χ4v) is 3.29. The van der Waals surface area contributed by atoms with Gasteiger partial charge in [0, 0.05) is 24.0 Å². The molecule has 0 aliphatic rings. The van der Waals surface area contributed by atoms with E-state index >= 15 is 0 Å². The minimum atomic E-state index is -4.45. The number of aromatic nitrogens is 4. The SMILES string of the molecule is Cc1ccnc(-c2ccc3nc(-c4ccc(C(F)(F)F)c(NCC(C)(C)C)c4)cn3n2)c1. The molecule has 166 valence electrons. The quantitative estimate of drug-likeness (QED) is 0.409. The molecule has 0 unspecified atom stereocenters. The van der Waals surface area contributed by atoms with Gasteiger partial charge in [-0.25, -0.2) is 9.50 Å². The molecule has 0 saturated heterocycles. The fraction of sp³-hybridized carbons (Fsp3) is 0.292. The number of imidazole rings is 1. The zero-order valence-corrected chi connectivity index (χ0v) is 18.3. The monoisotopic (exact) mass is 439 g/mol.